The highest BCUT2D eigenvalue weighted by Gasteiger charge is 2.35. The van der Waals surface area contributed by atoms with Crippen molar-refractivity contribution < 1.29 is 13.2 Å². The molecular formula is C10H8ClF3N2. The summed E-state index contributed by atoms with van der Waals surface area (Å²) in [6.07, 6.45) is -2.99. The van der Waals surface area contributed by atoms with Gasteiger partial charge in [0.05, 0.1) is 12.2 Å². The third kappa shape index (κ3) is 2.61. The molecule has 0 unspecified atom stereocenters. The Balaban J connectivity index is 0.00000128. The molecule has 1 aliphatic rings. The van der Waals surface area contributed by atoms with E-state index in [9.17, 15) is 13.2 Å². The second-order valence-electron chi connectivity index (χ2n) is 3.08. The zero-order valence-electron chi connectivity index (χ0n) is 8.03. The number of hydrogen-bond acceptors (Lipinski definition) is 2. The molecule has 1 aliphatic heterocycles. The van der Waals surface area contributed by atoms with Crippen LogP contribution in [0.2, 0.25) is 0 Å². The fourth-order valence-electron chi connectivity index (χ4n) is 1.26. The van der Waals surface area contributed by atoms with Gasteiger partial charge in [0.15, 0.2) is 0 Å². The van der Waals surface area contributed by atoms with Crippen LogP contribution < -0.4 is 0 Å². The van der Waals surface area contributed by atoms with Crippen molar-refractivity contribution >= 4 is 30.0 Å². The van der Waals surface area contributed by atoms with Gasteiger partial charge in [-0.15, -0.1) is 12.4 Å². The zero-order valence-corrected chi connectivity index (χ0v) is 8.85. The molecule has 0 atom stereocenters. The predicted octanol–water partition coefficient (Wildman–Crippen LogP) is 3.18. The SMILES string of the molecule is Cl.FC(F)(F)C1=Nc2ccccc2C=NC1. The summed E-state index contributed by atoms with van der Waals surface area (Å²) >= 11 is 0. The minimum Gasteiger partial charge on any atom is -0.286 e. The molecule has 1 aromatic carbocycles. The Morgan fingerprint density at radius 3 is 2.50 bits per heavy atom. The first-order chi connectivity index (χ1) is 7.07. The smallest absolute Gasteiger partial charge is 0.286 e. The molecule has 0 aliphatic carbocycles. The molecule has 0 bridgehead atoms. The fraction of sp³-hybridized carbons (Fsp3) is 0.200. The Kier molecular flexibility index (Phi) is 3.70. The van der Waals surface area contributed by atoms with Crippen LogP contribution in [-0.4, -0.2) is 24.6 Å². The van der Waals surface area contributed by atoms with Crippen molar-refractivity contribution in [2.45, 2.75) is 6.18 Å². The highest BCUT2D eigenvalue weighted by atomic mass is 35.5. The first-order valence-electron chi connectivity index (χ1n) is 4.31. The van der Waals surface area contributed by atoms with Crippen molar-refractivity contribution in [3.63, 3.8) is 0 Å². The summed E-state index contributed by atoms with van der Waals surface area (Å²) in [5.74, 6) is 0. The average molecular weight is 249 g/mol. The molecule has 0 aromatic heterocycles. The molecule has 16 heavy (non-hydrogen) atoms. The minimum absolute atomic E-state index is 0. The van der Waals surface area contributed by atoms with Gasteiger partial charge in [0.25, 0.3) is 0 Å². The van der Waals surface area contributed by atoms with E-state index in [0.29, 0.717) is 11.3 Å². The van der Waals surface area contributed by atoms with Crippen molar-refractivity contribution in [1.82, 2.24) is 0 Å². The van der Waals surface area contributed by atoms with Crippen LogP contribution in [0.5, 0.6) is 0 Å². The Morgan fingerprint density at radius 2 is 1.81 bits per heavy atom. The first kappa shape index (κ1) is 12.7. The molecule has 1 aromatic rings. The molecule has 0 amide bonds. The molecule has 0 radical (unpaired) electrons. The number of benzene rings is 1. The van der Waals surface area contributed by atoms with Crippen LogP contribution in [0, 0.1) is 0 Å². The number of hydrogen-bond donors (Lipinski definition) is 0. The van der Waals surface area contributed by atoms with Crippen molar-refractivity contribution in [2.75, 3.05) is 6.54 Å². The van der Waals surface area contributed by atoms with Gasteiger partial charge in [0.1, 0.15) is 5.71 Å². The lowest BCUT2D eigenvalue weighted by Gasteiger charge is -2.06. The van der Waals surface area contributed by atoms with Gasteiger partial charge < -0.3 is 0 Å². The number of fused-ring (bicyclic) bond motifs is 1. The molecule has 2 nitrogen and oxygen atoms in total. The zero-order chi connectivity index (χ0) is 10.9. The van der Waals surface area contributed by atoms with Crippen molar-refractivity contribution in [3.8, 4) is 0 Å². The number of alkyl halides is 3. The van der Waals surface area contributed by atoms with Crippen LogP contribution in [0.25, 0.3) is 0 Å². The molecule has 2 rings (SSSR count). The molecule has 0 saturated carbocycles. The molecular weight excluding hydrogens is 241 g/mol. The fourth-order valence-corrected chi connectivity index (χ4v) is 1.26. The lowest BCUT2D eigenvalue weighted by atomic mass is 10.2. The topological polar surface area (TPSA) is 24.7 Å². The standard InChI is InChI=1S/C10H7F3N2.ClH/c11-10(12,13)9-6-14-5-7-3-1-2-4-8(7)15-9;/h1-5H,6H2;1H. The van der Waals surface area contributed by atoms with E-state index in [1.165, 1.54) is 6.21 Å². The summed E-state index contributed by atoms with van der Waals surface area (Å²) in [5.41, 5.74) is 0.0616. The van der Waals surface area contributed by atoms with E-state index < -0.39 is 18.4 Å². The molecule has 0 fully saturated rings. The molecule has 1 heterocycles. The summed E-state index contributed by atoms with van der Waals surface area (Å²) in [6.45, 7) is -0.418. The quantitative estimate of drug-likeness (QED) is 0.674. The Morgan fingerprint density at radius 1 is 1.12 bits per heavy atom. The lowest BCUT2D eigenvalue weighted by Crippen LogP contribution is -2.25. The van der Waals surface area contributed by atoms with Crippen LogP contribution in [0.1, 0.15) is 5.56 Å². The van der Waals surface area contributed by atoms with Crippen LogP contribution in [-0.2, 0) is 0 Å². The maximum absolute atomic E-state index is 12.4. The van der Waals surface area contributed by atoms with E-state index >= 15 is 0 Å². The number of nitrogens with zero attached hydrogens (tertiary/aromatic N) is 2. The van der Waals surface area contributed by atoms with Crippen LogP contribution >= 0.6 is 12.4 Å². The van der Waals surface area contributed by atoms with E-state index in [-0.39, 0.29) is 12.4 Å². The maximum Gasteiger partial charge on any atom is 0.431 e. The van der Waals surface area contributed by atoms with Gasteiger partial charge in [-0.25, -0.2) is 4.99 Å². The van der Waals surface area contributed by atoms with Gasteiger partial charge in [0, 0.05) is 11.8 Å². The molecule has 0 spiro atoms. The third-order valence-electron chi connectivity index (χ3n) is 1.99. The van der Waals surface area contributed by atoms with E-state index in [0.717, 1.165) is 0 Å². The van der Waals surface area contributed by atoms with Crippen LogP contribution in [0.3, 0.4) is 0 Å². The van der Waals surface area contributed by atoms with E-state index in [1.807, 2.05) is 0 Å². The molecule has 6 heteroatoms. The lowest BCUT2D eigenvalue weighted by molar-refractivity contribution is -0.0595. The molecule has 0 N–H and O–H groups in total. The van der Waals surface area contributed by atoms with Crippen molar-refractivity contribution in [3.05, 3.63) is 29.8 Å². The van der Waals surface area contributed by atoms with Crippen LogP contribution in [0.4, 0.5) is 18.9 Å². The molecule has 86 valence electrons. The summed E-state index contributed by atoms with van der Waals surface area (Å²) in [7, 11) is 0. The maximum atomic E-state index is 12.4. The number of para-hydroxylation sites is 1. The predicted molar refractivity (Wildman–Crippen MR) is 59.3 cm³/mol. The van der Waals surface area contributed by atoms with Gasteiger partial charge in [-0.3, -0.25) is 4.99 Å². The summed E-state index contributed by atoms with van der Waals surface area (Å²) in [4.78, 5) is 7.26. The summed E-state index contributed by atoms with van der Waals surface area (Å²) in [5, 5.41) is 0. The monoisotopic (exact) mass is 248 g/mol. The van der Waals surface area contributed by atoms with Gasteiger partial charge in [0.2, 0.25) is 0 Å². The highest BCUT2D eigenvalue weighted by molar-refractivity contribution is 5.99. The number of rotatable bonds is 0. The second-order valence-corrected chi connectivity index (χ2v) is 3.08. The van der Waals surface area contributed by atoms with Gasteiger partial charge in [-0.05, 0) is 6.07 Å². The van der Waals surface area contributed by atoms with Crippen molar-refractivity contribution in [2.24, 2.45) is 9.98 Å². The Labute approximate surface area is 96.3 Å². The Hall–Kier alpha value is -1.36. The van der Waals surface area contributed by atoms with E-state index in [1.54, 1.807) is 24.3 Å². The highest BCUT2D eigenvalue weighted by Crippen LogP contribution is 2.25. The van der Waals surface area contributed by atoms with Crippen molar-refractivity contribution in [1.29, 1.82) is 0 Å². The largest absolute Gasteiger partial charge is 0.431 e. The van der Waals surface area contributed by atoms with Gasteiger partial charge in [-0.1, -0.05) is 18.2 Å². The second kappa shape index (κ2) is 4.65. The first-order valence-corrected chi connectivity index (χ1v) is 4.31. The normalized spacial score (nSPS) is 14.6. The Bertz CT molecular complexity index is 438. The molecule has 0 saturated heterocycles. The summed E-state index contributed by atoms with van der Waals surface area (Å²) < 4.78 is 37.2. The van der Waals surface area contributed by atoms with Crippen LogP contribution in [0.15, 0.2) is 34.3 Å². The third-order valence-corrected chi connectivity index (χ3v) is 1.99. The van der Waals surface area contributed by atoms with E-state index in [2.05, 4.69) is 9.98 Å². The average Bonchev–Trinajstić information content (AvgIpc) is 2.38. The van der Waals surface area contributed by atoms with Gasteiger partial charge >= 0.3 is 6.18 Å². The minimum atomic E-state index is -4.41. The van der Waals surface area contributed by atoms with E-state index in [4.69, 9.17) is 0 Å². The summed E-state index contributed by atoms with van der Waals surface area (Å²) in [6, 6.07) is 6.61. The number of aliphatic imine (C=N–C) groups is 2. The van der Waals surface area contributed by atoms with Gasteiger partial charge in [-0.2, -0.15) is 13.2 Å². The number of halogens is 4.